The molecular weight excluding hydrogens is 330 g/mol. The first kappa shape index (κ1) is 16.1. The second-order valence-corrected chi connectivity index (χ2v) is 7.18. The summed E-state index contributed by atoms with van der Waals surface area (Å²) >= 11 is 0. The monoisotopic (exact) mass is 347 g/mol. The van der Waals surface area contributed by atoms with E-state index in [1.807, 2.05) is 13.8 Å². The summed E-state index contributed by atoms with van der Waals surface area (Å²) in [7, 11) is -2.40. The molecule has 3 aromatic rings. The van der Waals surface area contributed by atoms with E-state index in [1.54, 1.807) is 30.3 Å². The van der Waals surface area contributed by atoms with Crippen LogP contribution in [0.2, 0.25) is 0 Å². The van der Waals surface area contributed by atoms with Gasteiger partial charge in [0.15, 0.2) is 0 Å². The lowest BCUT2D eigenvalue weighted by Crippen LogP contribution is -2.14. The summed E-state index contributed by atoms with van der Waals surface area (Å²) in [4.78, 5) is 16.6. The van der Waals surface area contributed by atoms with Crippen molar-refractivity contribution in [1.82, 2.24) is 9.97 Å². The molecule has 0 fully saturated rings. The van der Waals surface area contributed by atoms with Gasteiger partial charge in [0.05, 0.1) is 23.8 Å². The van der Waals surface area contributed by atoms with Crippen molar-refractivity contribution < 1.29 is 13.2 Å². The topological polar surface area (TPSA) is 104 Å². The van der Waals surface area contributed by atoms with Crippen LogP contribution in [-0.2, 0) is 10.0 Å². The van der Waals surface area contributed by atoms with Gasteiger partial charge < -0.3 is 14.7 Å². The molecular formula is C16H17N3O4S. The van der Waals surface area contributed by atoms with Gasteiger partial charge in [-0.3, -0.25) is 4.72 Å². The van der Waals surface area contributed by atoms with E-state index in [4.69, 9.17) is 4.74 Å². The molecule has 126 valence electrons. The van der Waals surface area contributed by atoms with E-state index < -0.39 is 10.0 Å². The van der Waals surface area contributed by atoms with Crippen LogP contribution in [0, 0.1) is 13.8 Å². The molecule has 0 aliphatic rings. The quantitative estimate of drug-likeness (QED) is 0.673. The molecule has 0 radical (unpaired) electrons. The fourth-order valence-electron chi connectivity index (χ4n) is 2.44. The van der Waals surface area contributed by atoms with Crippen molar-refractivity contribution >= 4 is 26.7 Å². The number of aromatic amines is 2. The number of methoxy groups -OCH3 is 1. The van der Waals surface area contributed by atoms with Crippen LogP contribution in [0.3, 0.4) is 0 Å². The zero-order valence-electron chi connectivity index (χ0n) is 13.4. The van der Waals surface area contributed by atoms with Crippen molar-refractivity contribution in [2.45, 2.75) is 18.7 Å². The number of nitrogens with one attached hydrogen (secondary N) is 3. The number of aromatic nitrogens is 2. The predicted octanol–water partition coefficient (Wildman–Crippen LogP) is 2.28. The number of ether oxygens (including phenoxy) is 1. The fourth-order valence-corrected chi connectivity index (χ4v) is 3.73. The van der Waals surface area contributed by atoms with Gasteiger partial charge in [-0.2, -0.15) is 0 Å². The van der Waals surface area contributed by atoms with Crippen LogP contribution in [0.25, 0.3) is 11.0 Å². The average Bonchev–Trinajstić information content (AvgIpc) is 2.88. The van der Waals surface area contributed by atoms with E-state index >= 15 is 0 Å². The van der Waals surface area contributed by atoms with Crippen LogP contribution in [-0.4, -0.2) is 25.5 Å². The van der Waals surface area contributed by atoms with Crippen molar-refractivity contribution in [3.8, 4) is 5.75 Å². The van der Waals surface area contributed by atoms with Gasteiger partial charge in [-0.05, 0) is 55.3 Å². The van der Waals surface area contributed by atoms with Crippen LogP contribution in [0.1, 0.15) is 11.1 Å². The lowest BCUT2D eigenvalue weighted by Gasteiger charge is -2.14. The number of fused-ring (bicyclic) bond motifs is 1. The number of H-pyrrole nitrogens is 2. The standard InChI is InChI=1S/C16H17N3O4S/c1-9-6-14(23-3)15(7-10(9)2)24(21,22)19-11-4-5-12-13(8-11)18-16(20)17-12/h4-8,19H,1-3H3,(H2,17,18,20). The summed E-state index contributed by atoms with van der Waals surface area (Å²) in [6.45, 7) is 3.72. The first-order chi connectivity index (χ1) is 11.3. The third-order valence-electron chi connectivity index (χ3n) is 3.84. The average molecular weight is 347 g/mol. The molecule has 7 nitrogen and oxygen atoms in total. The van der Waals surface area contributed by atoms with E-state index in [0.29, 0.717) is 16.7 Å². The van der Waals surface area contributed by atoms with Gasteiger partial charge in [0.1, 0.15) is 10.6 Å². The molecule has 3 N–H and O–H groups in total. The molecule has 8 heteroatoms. The molecule has 1 aromatic heterocycles. The van der Waals surface area contributed by atoms with Crippen LogP contribution in [0.15, 0.2) is 40.0 Å². The van der Waals surface area contributed by atoms with Gasteiger partial charge >= 0.3 is 5.69 Å². The van der Waals surface area contributed by atoms with Crippen molar-refractivity contribution in [1.29, 1.82) is 0 Å². The lowest BCUT2D eigenvalue weighted by molar-refractivity contribution is 0.402. The maximum Gasteiger partial charge on any atom is 0.323 e. The van der Waals surface area contributed by atoms with E-state index in [0.717, 1.165) is 11.1 Å². The Morgan fingerprint density at radius 1 is 1.00 bits per heavy atom. The molecule has 2 aromatic carbocycles. The number of hydrogen-bond donors (Lipinski definition) is 3. The molecule has 3 rings (SSSR count). The lowest BCUT2D eigenvalue weighted by atomic mass is 10.1. The third kappa shape index (κ3) is 2.88. The first-order valence-electron chi connectivity index (χ1n) is 7.20. The highest BCUT2D eigenvalue weighted by atomic mass is 32.2. The van der Waals surface area contributed by atoms with Gasteiger partial charge in [0, 0.05) is 0 Å². The molecule has 24 heavy (non-hydrogen) atoms. The Morgan fingerprint density at radius 2 is 1.67 bits per heavy atom. The van der Waals surface area contributed by atoms with Crippen LogP contribution >= 0.6 is 0 Å². The minimum absolute atomic E-state index is 0.0655. The SMILES string of the molecule is COc1cc(C)c(C)cc1S(=O)(=O)Nc1ccc2[nH]c(=O)[nH]c2c1. The Bertz CT molecular complexity index is 1080. The summed E-state index contributed by atoms with van der Waals surface area (Å²) in [6.07, 6.45) is 0. The Balaban J connectivity index is 2.04. The number of benzene rings is 2. The maximum absolute atomic E-state index is 12.7. The Morgan fingerprint density at radius 3 is 2.38 bits per heavy atom. The number of anilines is 1. The smallest absolute Gasteiger partial charge is 0.323 e. The van der Waals surface area contributed by atoms with Crippen LogP contribution < -0.4 is 15.1 Å². The number of sulfonamides is 1. The van der Waals surface area contributed by atoms with Gasteiger partial charge in [0.2, 0.25) is 0 Å². The minimum Gasteiger partial charge on any atom is -0.495 e. The fraction of sp³-hybridized carbons (Fsp3) is 0.188. The summed E-state index contributed by atoms with van der Waals surface area (Å²) in [5.41, 5.74) is 2.91. The van der Waals surface area contributed by atoms with E-state index in [1.165, 1.54) is 7.11 Å². The van der Waals surface area contributed by atoms with E-state index in [-0.39, 0.29) is 16.3 Å². The molecule has 1 heterocycles. The number of aryl methyl sites for hydroxylation is 2. The van der Waals surface area contributed by atoms with Gasteiger partial charge in [-0.25, -0.2) is 13.2 Å². The maximum atomic E-state index is 12.7. The Labute approximate surface area is 138 Å². The van der Waals surface area contributed by atoms with Crippen molar-refractivity contribution in [2.75, 3.05) is 11.8 Å². The van der Waals surface area contributed by atoms with Crippen molar-refractivity contribution in [3.63, 3.8) is 0 Å². The Kier molecular flexibility index (Phi) is 3.84. The van der Waals surface area contributed by atoms with E-state index in [9.17, 15) is 13.2 Å². The first-order valence-corrected chi connectivity index (χ1v) is 8.68. The van der Waals surface area contributed by atoms with Gasteiger partial charge in [-0.1, -0.05) is 0 Å². The number of imidazole rings is 1. The number of hydrogen-bond acceptors (Lipinski definition) is 4. The molecule has 0 aliphatic carbocycles. The molecule has 0 saturated heterocycles. The van der Waals surface area contributed by atoms with Crippen LogP contribution in [0.5, 0.6) is 5.75 Å². The molecule has 0 saturated carbocycles. The molecule has 0 unspecified atom stereocenters. The van der Waals surface area contributed by atoms with Gasteiger partial charge in [-0.15, -0.1) is 0 Å². The van der Waals surface area contributed by atoms with Crippen molar-refractivity contribution in [3.05, 3.63) is 51.9 Å². The molecule has 0 bridgehead atoms. The molecule has 0 amide bonds. The van der Waals surface area contributed by atoms with Crippen molar-refractivity contribution in [2.24, 2.45) is 0 Å². The Hall–Kier alpha value is -2.74. The third-order valence-corrected chi connectivity index (χ3v) is 5.24. The highest BCUT2D eigenvalue weighted by Gasteiger charge is 2.21. The second-order valence-electron chi connectivity index (χ2n) is 5.53. The second kappa shape index (κ2) is 5.72. The zero-order valence-corrected chi connectivity index (χ0v) is 14.2. The summed E-state index contributed by atoms with van der Waals surface area (Å²) in [5.74, 6) is 0.279. The largest absolute Gasteiger partial charge is 0.495 e. The highest BCUT2D eigenvalue weighted by Crippen LogP contribution is 2.29. The van der Waals surface area contributed by atoms with E-state index in [2.05, 4.69) is 14.7 Å². The molecule has 0 aliphatic heterocycles. The normalized spacial score (nSPS) is 11.6. The number of rotatable bonds is 4. The predicted molar refractivity (Wildman–Crippen MR) is 92.2 cm³/mol. The highest BCUT2D eigenvalue weighted by molar-refractivity contribution is 7.92. The summed E-state index contributed by atoms with van der Waals surface area (Å²) in [5, 5.41) is 0. The van der Waals surface area contributed by atoms with Gasteiger partial charge in [0.25, 0.3) is 10.0 Å². The minimum atomic E-state index is -3.83. The summed E-state index contributed by atoms with van der Waals surface area (Å²) < 4.78 is 33.2. The zero-order chi connectivity index (χ0) is 17.5. The summed E-state index contributed by atoms with van der Waals surface area (Å²) in [6, 6.07) is 8.03. The van der Waals surface area contributed by atoms with Crippen LogP contribution in [0.4, 0.5) is 5.69 Å². The molecule has 0 spiro atoms. The molecule has 0 atom stereocenters.